The molecule has 2 N–H and O–H groups in total. The molecule has 1 aromatic heterocycles. The molecule has 0 saturated heterocycles. The fourth-order valence-electron chi connectivity index (χ4n) is 2.47. The van der Waals surface area contributed by atoms with Crippen LogP contribution in [-0.4, -0.2) is 23.3 Å². The van der Waals surface area contributed by atoms with Crippen molar-refractivity contribution >= 4 is 11.7 Å². The third kappa shape index (κ3) is 2.46. The SMILES string of the molecule is NCCc1nnc(N2CCCCc3ccccc32)o1. The van der Waals surface area contributed by atoms with Crippen molar-refractivity contribution in [3.05, 3.63) is 35.7 Å². The summed E-state index contributed by atoms with van der Waals surface area (Å²) in [6, 6.07) is 9.00. The molecular weight excluding hydrogens is 240 g/mol. The summed E-state index contributed by atoms with van der Waals surface area (Å²) in [4.78, 5) is 2.12. The van der Waals surface area contributed by atoms with Crippen LogP contribution in [0.3, 0.4) is 0 Å². The average molecular weight is 258 g/mol. The zero-order valence-corrected chi connectivity index (χ0v) is 10.9. The van der Waals surface area contributed by atoms with Crippen LogP contribution in [0.2, 0.25) is 0 Å². The second-order valence-electron chi connectivity index (χ2n) is 4.75. The van der Waals surface area contributed by atoms with Crippen LogP contribution in [0.25, 0.3) is 0 Å². The number of fused-ring (bicyclic) bond motifs is 1. The molecule has 0 saturated carbocycles. The third-order valence-corrected chi connectivity index (χ3v) is 3.41. The molecule has 0 unspecified atom stereocenters. The molecule has 0 amide bonds. The standard InChI is InChI=1S/C14H18N4O/c15-9-8-13-16-17-14(19-13)18-10-4-3-6-11-5-1-2-7-12(11)18/h1-2,5,7H,3-4,6,8-10,15H2. The van der Waals surface area contributed by atoms with Gasteiger partial charge >= 0.3 is 6.01 Å². The second kappa shape index (κ2) is 5.40. The van der Waals surface area contributed by atoms with E-state index < -0.39 is 0 Å². The highest BCUT2D eigenvalue weighted by Crippen LogP contribution is 2.31. The summed E-state index contributed by atoms with van der Waals surface area (Å²) in [5.74, 6) is 0.610. The van der Waals surface area contributed by atoms with Gasteiger partial charge in [0.05, 0.1) is 0 Å². The maximum absolute atomic E-state index is 5.70. The van der Waals surface area contributed by atoms with Gasteiger partial charge in [-0.3, -0.25) is 4.90 Å². The highest BCUT2D eigenvalue weighted by Gasteiger charge is 2.20. The van der Waals surface area contributed by atoms with E-state index in [0.717, 1.165) is 19.4 Å². The number of nitrogens with zero attached hydrogens (tertiary/aromatic N) is 3. The van der Waals surface area contributed by atoms with Crippen LogP contribution >= 0.6 is 0 Å². The summed E-state index contributed by atoms with van der Waals surface area (Å²) >= 11 is 0. The smallest absolute Gasteiger partial charge is 0.322 e. The minimum absolute atomic E-state index is 0.526. The summed E-state index contributed by atoms with van der Waals surface area (Å²) in [6.45, 7) is 1.44. The lowest BCUT2D eigenvalue weighted by Gasteiger charge is -2.19. The third-order valence-electron chi connectivity index (χ3n) is 3.41. The predicted molar refractivity (Wildman–Crippen MR) is 73.4 cm³/mol. The molecule has 2 heterocycles. The van der Waals surface area contributed by atoms with Crippen molar-refractivity contribution in [3.63, 3.8) is 0 Å². The largest absolute Gasteiger partial charge is 0.408 e. The van der Waals surface area contributed by atoms with Crippen molar-refractivity contribution in [3.8, 4) is 0 Å². The van der Waals surface area contributed by atoms with Crippen molar-refractivity contribution < 1.29 is 4.42 Å². The van der Waals surface area contributed by atoms with E-state index in [9.17, 15) is 0 Å². The molecule has 5 heteroatoms. The Labute approximate surface area is 112 Å². The number of benzene rings is 1. The van der Waals surface area contributed by atoms with Crippen molar-refractivity contribution in [1.29, 1.82) is 0 Å². The van der Waals surface area contributed by atoms with Gasteiger partial charge in [-0.1, -0.05) is 23.3 Å². The number of para-hydroxylation sites is 1. The molecule has 0 bridgehead atoms. The van der Waals surface area contributed by atoms with Crippen LogP contribution in [0.4, 0.5) is 11.7 Å². The van der Waals surface area contributed by atoms with Crippen molar-refractivity contribution in [2.24, 2.45) is 5.73 Å². The maximum atomic E-state index is 5.70. The van der Waals surface area contributed by atoms with Gasteiger partial charge in [-0.2, -0.15) is 0 Å². The van der Waals surface area contributed by atoms with Gasteiger partial charge in [0.1, 0.15) is 0 Å². The Bertz CT molecular complexity index is 552. The van der Waals surface area contributed by atoms with Crippen molar-refractivity contribution in [1.82, 2.24) is 10.2 Å². The van der Waals surface area contributed by atoms with E-state index in [4.69, 9.17) is 10.2 Å². The lowest BCUT2D eigenvalue weighted by atomic mass is 10.1. The van der Waals surface area contributed by atoms with E-state index >= 15 is 0 Å². The number of anilines is 2. The van der Waals surface area contributed by atoms with Gasteiger partial charge in [0.25, 0.3) is 0 Å². The van der Waals surface area contributed by atoms with Gasteiger partial charge in [-0.25, -0.2) is 0 Å². The molecule has 0 radical (unpaired) electrons. The Hall–Kier alpha value is -1.88. The molecule has 1 aliphatic rings. The Morgan fingerprint density at radius 1 is 1.21 bits per heavy atom. The molecule has 2 aromatic rings. The summed E-state index contributed by atoms with van der Waals surface area (Å²) in [5.41, 5.74) is 8.04. The van der Waals surface area contributed by atoms with Crippen LogP contribution in [0.1, 0.15) is 24.3 Å². The molecule has 0 fully saturated rings. The topological polar surface area (TPSA) is 68.2 Å². The summed E-state index contributed by atoms with van der Waals surface area (Å²) in [6.07, 6.45) is 4.06. The second-order valence-corrected chi connectivity index (χ2v) is 4.75. The first-order chi connectivity index (χ1) is 9.38. The van der Waals surface area contributed by atoms with Gasteiger partial charge in [0.2, 0.25) is 5.89 Å². The lowest BCUT2D eigenvalue weighted by Crippen LogP contribution is -2.18. The first kappa shape index (κ1) is 12.2. The van der Waals surface area contributed by atoms with Gasteiger partial charge in [-0.15, -0.1) is 5.10 Å². The average Bonchev–Trinajstić information content (AvgIpc) is 2.78. The Balaban J connectivity index is 1.94. The van der Waals surface area contributed by atoms with Crippen molar-refractivity contribution in [2.45, 2.75) is 25.7 Å². The van der Waals surface area contributed by atoms with Gasteiger partial charge in [-0.05, 0) is 30.9 Å². The quantitative estimate of drug-likeness (QED) is 0.912. The zero-order valence-electron chi connectivity index (χ0n) is 10.9. The van der Waals surface area contributed by atoms with Crippen LogP contribution in [-0.2, 0) is 12.8 Å². The molecule has 1 aliphatic heterocycles. The fourth-order valence-corrected chi connectivity index (χ4v) is 2.47. The van der Waals surface area contributed by atoms with E-state index in [1.807, 2.05) is 6.07 Å². The van der Waals surface area contributed by atoms with Crippen LogP contribution < -0.4 is 10.6 Å². The molecule has 0 spiro atoms. The van der Waals surface area contributed by atoms with E-state index in [2.05, 4.69) is 33.3 Å². The summed E-state index contributed by atoms with van der Waals surface area (Å²) in [7, 11) is 0. The van der Waals surface area contributed by atoms with Gasteiger partial charge in [0, 0.05) is 25.2 Å². The van der Waals surface area contributed by atoms with E-state index in [0.29, 0.717) is 24.9 Å². The highest BCUT2D eigenvalue weighted by molar-refractivity contribution is 5.61. The minimum Gasteiger partial charge on any atom is -0.408 e. The zero-order chi connectivity index (χ0) is 13.1. The number of nitrogens with two attached hydrogens (primary N) is 1. The van der Waals surface area contributed by atoms with Crippen LogP contribution in [0.15, 0.2) is 28.7 Å². The number of hydrogen-bond acceptors (Lipinski definition) is 5. The van der Waals surface area contributed by atoms with Gasteiger partial charge in [0.15, 0.2) is 0 Å². The first-order valence-electron chi connectivity index (χ1n) is 6.76. The maximum Gasteiger partial charge on any atom is 0.322 e. The number of hydrogen-bond donors (Lipinski definition) is 1. The molecule has 0 atom stereocenters. The van der Waals surface area contributed by atoms with Crippen LogP contribution in [0.5, 0.6) is 0 Å². The predicted octanol–water partition coefficient (Wildman–Crippen LogP) is 2.05. The molecule has 5 nitrogen and oxygen atoms in total. The van der Waals surface area contributed by atoms with E-state index in [1.54, 1.807) is 0 Å². The number of rotatable bonds is 3. The number of aryl methyl sites for hydroxylation is 1. The molecule has 0 aliphatic carbocycles. The van der Waals surface area contributed by atoms with Gasteiger partial charge < -0.3 is 10.2 Å². The Morgan fingerprint density at radius 2 is 2.11 bits per heavy atom. The number of aromatic nitrogens is 2. The normalized spacial score (nSPS) is 15.1. The summed E-state index contributed by atoms with van der Waals surface area (Å²) < 4.78 is 5.70. The Morgan fingerprint density at radius 3 is 3.00 bits per heavy atom. The van der Waals surface area contributed by atoms with E-state index in [-0.39, 0.29) is 0 Å². The fraction of sp³-hybridized carbons (Fsp3) is 0.429. The molecule has 3 rings (SSSR count). The van der Waals surface area contributed by atoms with Crippen LogP contribution in [0, 0.1) is 0 Å². The minimum atomic E-state index is 0.526. The molecule has 19 heavy (non-hydrogen) atoms. The first-order valence-corrected chi connectivity index (χ1v) is 6.76. The lowest BCUT2D eigenvalue weighted by molar-refractivity contribution is 0.493. The van der Waals surface area contributed by atoms with E-state index in [1.165, 1.54) is 17.7 Å². The highest BCUT2D eigenvalue weighted by atomic mass is 16.4. The Kier molecular flexibility index (Phi) is 3.46. The summed E-state index contributed by atoms with van der Waals surface area (Å²) in [5, 5.41) is 8.20. The van der Waals surface area contributed by atoms with Crippen molar-refractivity contribution in [2.75, 3.05) is 18.0 Å². The molecule has 1 aromatic carbocycles. The molecule has 100 valence electrons. The molecular formula is C14H18N4O. The monoisotopic (exact) mass is 258 g/mol.